The maximum atomic E-state index is 12.4. The first-order valence-electron chi connectivity index (χ1n) is 6.00. The zero-order valence-corrected chi connectivity index (χ0v) is 12.3. The van der Waals surface area contributed by atoms with Crippen LogP contribution in [-0.4, -0.2) is 16.9 Å². The molecule has 0 aliphatic rings. The molecule has 4 heteroatoms. The monoisotopic (exact) mass is 319 g/mol. The Hall–Kier alpha value is -1.68. The van der Waals surface area contributed by atoms with E-state index in [9.17, 15) is 4.79 Å². The fourth-order valence-electron chi connectivity index (χ4n) is 1.66. The predicted octanol–water partition coefficient (Wildman–Crippen LogP) is 3.86. The number of benzene rings is 1. The second kappa shape index (κ2) is 5.97. The number of aromatic nitrogens is 1. The summed E-state index contributed by atoms with van der Waals surface area (Å²) in [4.78, 5) is 16.5. The van der Waals surface area contributed by atoms with Gasteiger partial charge in [-0.15, -0.1) is 0 Å². The molecule has 0 amide bonds. The second-order valence-corrected chi connectivity index (χ2v) is 5.27. The lowest BCUT2D eigenvalue weighted by molar-refractivity contribution is 0.102. The number of ether oxygens (including phenoxy) is 1. The largest absolute Gasteiger partial charge is 0.490 e. The van der Waals surface area contributed by atoms with E-state index in [0.717, 1.165) is 4.47 Å². The van der Waals surface area contributed by atoms with Crippen molar-refractivity contribution in [3.63, 3.8) is 0 Å². The van der Waals surface area contributed by atoms with Crippen molar-refractivity contribution < 1.29 is 9.53 Å². The fraction of sp³-hybridized carbons (Fsp3) is 0.200. The number of ketones is 1. The molecule has 19 heavy (non-hydrogen) atoms. The Kier molecular flexibility index (Phi) is 4.32. The molecular formula is C15H14BrNO2. The van der Waals surface area contributed by atoms with Gasteiger partial charge in [0.2, 0.25) is 5.78 Å². The van der Waals surface area contributed by atoms with Gasteiger partial charge in [0.05, 0.1) is 11.7 Å². The standard InChI is InChI=1S/C15H14BrNO2/c1-10(2)19-14-6-4-3-5-12(14)15(18)13-8-7-11(16)9-17-13/h3-10H,1-2H3. The first-order valence-corrected chi connectivity index (χ1v) is 6.79. The van der Waals surface area contributed by atoms with Gasteiger partial charge in [0.1, 0.15) is 11.4 Å². The van der Waals surface area contributed by atoms with Gasteiger partial charge in [-0.25, -0.2) is 0 Å². The zero-order valence-electron chi connectivity index (χ0n) is 10.8. The smallest absolute Gasteiger partial charge is 0.215 e. The molecule has 1 heterocycles. The Balaban J connectivity index is 2.35. The van der Waals surface area contributed by atoms with E-state index in [4.69, 9.17) is 4.74 Å². The van der Waals surface area contributed by atoms with Gasteiger partial charge in [-0.05, 0) is 54.0 Å². The first kappa shape index (κ1) is 13.7. The summed E-state index contributed by atoms with van der Waals surface area (Å²) in [6.07, 6.45) is 1.63. The fourth-order valence-corrected chi connectivity index (χ4v) is 1.89. The van der Waals surface area contributed by atoms with E-state index in [2.05, 4.69) is 20.9 Å². The number of pyridine rings is 1. The number of nitrogens with zero attached hydrogens (tertiary/aromatic N) is 1. The molecule has 0 aliphatic heterocycles. The molecule has 0 bridgehead atoms. The zero-order chi connectivity index (χ0) is 13.8. The molecule has 3 nitrogen and oxygen atoms in total. The minimum Gasteiger partial charge on any atom is -0.490 e. The van der Waals surface area contributed by atoms with Gasteiger partial charge in [-0.3, -0.25) is 9.78 Å². The highest BCUT2D eigenvalue weighted by molar-refractivity contribution is 9.10. The number of hydrogen-bond donors (Lipinski definition) is 0. The Morgan fingerprint density at radius 1 is 1.21 bits per heavy atom. The van der Waals surface area contributed by atoms with E-state index in [0.29, 0.717) is 17.0 Å². The van der Waals surface area contributed by atoms with Gasteiger partial charge in [-0.1, -0.05) is 12.1 Å². The number of carbonyl (C=O) groups excluding carboxylic acids is 1. The average Bonchev–Trinajstić information content (AvgIpc) is 2.39. The number of para-hydroxylation sites is 1. The summed E-state index contributed by atoms with van der Waals surface area (Å²) in [6.45, 7) is 3.86. The molecule has 1 aromatic carbocycles. The van der Waals surface area contributed by atoms with Crippen molar-refractivity contribution in [3.05, 3.63) is 58.3 Å². The molecule has 0 atom stereocenters. The van der Waals surface area contributed by atoms with E-state index in [1.54, 1.807) is 30.5 Å². The highest BCUT2D eigenvalue weighted by atomic mass is 79.9. The molecular weight excluding hydrogens is 306 g/mol. The summed E-state index contributed by atoms with van der Waals surface area (Å²) in [6, 6.07) is 10.7. The third-order valence-electron chi connectivity index (χ3n) is 2.45. The summed E-state index contributed by atoms with van der Waals surface area (Å²) < 4.78 is 6.50. The quantitative estimate of drug-likeness (QED) is 0.803. The van der Waals surface area contributed by atoms with E-state index in [-0.39, 0.29) is 11.9 Å². The second-order valence-electron chi connectivity index (χ2n) is 4.35. The number of hydrogen-bond acceptors (Lipinski definition) is 3. The third-order valence-corrected chi connectivity index (χ3v) is 2.92. The van der Waals surface area contributed by atoms with Crippen molar-refractivity contribution in [2.24, 2.45) is 0 Å². The minimum absolute atomic E-state index is 0.0202. The van der Waals surface area contributed by atoms with Crippen LogP contribution in [0.25, 0.3) is 0 Å². The van der Waals surface area contributed by atoms with Crippen LogP contribution in [0.15, 0.2) is 47.1 Å². The van der Waals surface area contributed by atoms with Crippen LogP contribution in [0, 0.1) is 0 Å². The van der Waals surface area contributed by atoms with Crippen LogP contribution < -0.4 is 4.74 Å². The molecule has 0 saturated carbocycles. The lowest BCUT2D eigenvalue weighted by Gasteiger charge is -2.13. The number of carbonyl (C=O) groups is 1. The molecule has 1 aromatic heterocycles. The third kappa shape index (κ3) is 3.41. The van der Waals surface area contributed by atoms with Crippen molar-refractivity contribution in [2.75, 3.05) is 0 Å². The number of rotatable bonds is 4. The van der Waals surface area contributed by atoms with Gasteiger partial charge in [-0.2, -0.15) is 0 Å². The predicted molar refractivity (Wildman–Crippen MR) is 77.6 cm³/mol. The van der Waals surface area contributed by atoms with Crippen molar-refractivity contribution in [1.82, 2.24) is 4.98 Å². The van der Waals surface area contributed by atoms with Gasteiger partial charge < -0.3 is 4.74 Å². The summed E-state index contributed by atoms with van der Waals surface area (Å²) >= 11 is 3.30. The molecule has 0 radical (unpaired) electrons. The van der Waals surface area contributed by atoms with Crippen molar-refractivity contribution in [3.8, 4) is 5.75 Å². The van der Waals surface area contributed by atoms with Crippen LogP contribution in [0.2, 0.25) is 0 Å². The minimum atomic E-state index is -0.135. The Morgan fingerprint density at radius 2 is 1.95 bits per heavy atom. The molecule has 2 rings (SSSR count). The topological polar surface area (TPSA) is 39.2 Å². The molecule has 0 saturated heterocycles. The van der Waals surface area contributed by atoms with Crippen LogP contribution in [0.1, 0.15) is 29.9 Å². The SMILES string of the molecule is CC(C)Oc1ccccc1C(=O)c1ccc(Br)cn1. The van der Waals surface area contributed by atoms with Crippen LogP contribution in [0.5, 0.6) is 5.75 Å². The van der Waals surface area contributed by atoms with E-state index < -0.39 is 0 Å². The highest BCUT2D eigenvalue weighted by Crippen LogP contribution is 2.22. The van der Waals surface area contributed by atoms with Gasteiger partial charge in [0, 0.05) is 10.7 Å². The summed E-state index contributed by atoms with van der Waals surface area (Å²) in [5, 5.41) is 0. The van der Waals surface area contributed by atoms with Gasteiger partial charge in [0.15, 0.2) is 0 Å². The lowest BCUT2D eigenvalue weighted by atomic mass is 10.1. The molecule has 2 aromatic rings. The van der Waals surface area contributed by atoms with Crippen LogP contribution in [0.4, 0.5) is 0 Å². The molecule has 0 N–H and O–H groups in total. The van der Waals surface area contributed by atoms with Crippen molar-refractivity contribution in [1.29, 1.82) is 0 Å². The maximum Gasteiger partial charge on any atom is 0.215 e. The summed E-state index contributed by atoms with van der Waals surface area (Å²) in [5.41, 5.74) is 0.939. The average molecular weight is 320 g/mol. The van der Waals surface area contributed by atoms with Crippen molar-refractivity contribution >= 4 is 21.7 Å². The van der Waals surface area contributed by atoms with Gasteiger partial charge >= 0.3 is 0 Å². The number of halogens is 1. The first-order chi connectivity index (χ1) is 9.08. The molecule has 98 valence electrons. The Morgan fingerprint density at radius 3 is 2.58 bits per heavy atom. The lowest BCUT2D eigenvalue weighted by Crippen LogP contribution is -2.11. The molecule has 0 spiro atoms. The van der Waals surface area contributed by atoms with Crippen LogP contribution in [-0.2, 0) is 0 Å². The maximum absolute atomic E-state index is 12.4. The summed E-state index contributed by atoms with van der Waals surface area (Å²) in [5.74, 6) is 0.455. The van der Waals surface area contributed by atoms with E-state index in [1.165, 1.54) is 0 Å². The van der Waals surface area contributed by atoms with Gasteiger partial charge in [0.25, 0.3) is 0 Å². The van der Waals surface area contributed by atoms with E-state index in [1.807, 2.05) is 26.0 Å². The molecule has 0 aliphatic carbocycles. The normalized spacial score (nSPS) is 10.5. The van der Waals surface area contributed by atoms with Crippen LogP contribution in [0.3, 0.4) is 0 Å². The van der Waals surface area contributed by atoms with Crippen LogP contribution >= 0.6 is 15.9 Å². The Labute approximate surface area is 120 Å². The van der Waals surface area contributed by atoms with E-state index >= 15 is 0 Å². The highest BCUT2D eigenvalue weighted by Gasteiger charge is 2.16. The molecule has 0 unspecified atom stereocenters. The van der Waals surface area contributed by atoms with Crippen molar-refractivity contribution in [2.45, 2.75) is 20.0 Å². The summed E-state index contributed by atoms with van der Waals surface area (Å²) in [7, 11) is 0. The molecule has 0 fully saturated rings. The Bertz CT molecular complexity index is 579.